The van der Waals surface area contributed by atoms with Crippen molar-refractivity contribution in [1.82, 2.24) is 10.4 Å². The molecule has 108 valence electrons. The van der Waals surface area contributed by atoms with Gasteiger partial charge in [0, 0.05) is 18.2 Å². The van der Waals surface area contributed by atoms with Gasteiger partial charge in [0.15, 0.2) is 0 Å². The zero-order valence-corrected chi connectivity index (χ0v) is 12.3. The molecule has 0 radical (unpaired) electrons. The van der Waals surface area contributed by atoms with E-state index in [4.69, 9.17) is 10.6 Å². The minimum atomic E-state index is -0.0529. The van der Waals surface area contributed by atoms with Crippen molar-refractivity contribution in [3.8, 4) is 0 Å². The van der Waals surface area contributed by atoms with Crippen LogP contribution in [-0.2, 0) is 4.74 Å². The molecule has 2 rings (SSSR count). The Labute approximate surface area is 120 Å². The van der Waals surface area contributed by atoms with E-state index in [1.807, 2.05) is 25.1 Å². The van der Waals surface area contributed by atoms with E-state index < -0.39 is 0 Å². The largest absolute Gasteiger partial charge is 0.376 e. The lowest BCUT2D eigenvalue weighted by molar-refractivity contribution is 0.00311. The van der Waals surface area contributed by atoms with E-state index in [0.717, 1.165) is 16.5 Å². The first-order chi connectivity index (χ1) is 9.69. The molecule has 0 fully saturated rings. The van der Waals surface area contributed by atoms with Gasteiger partial charge in [-0.15, -0.1) is 0 Å². The number of nitrogens with zero attached hydrogens (tertiary/aromatic N) is 1. The highest BCUT2D eigenvalue weighted by molar-refractivity contribution is 5.82. The van der Waals surface area contributed by atoms with Gasteiger partial charge in [0.2, 0.25) is 0 Å². The summed E-state index contributed by atoms with van der Waals surface area (Å²) in [6.45, 7) is 6.97. The van der Waals surface area contributed by atoms with E-state index in [-0.39, 0.29) is 12.1 Å². The van der Waals surface area contributed by atoms with Crippen molar-refractivity contribution < 1.29 is 4.74 Å². The minimum absolute atomic E-state index is 0.0239. The van der Waals surface area contributed by atoms with E-state index in [2.05, 4.69) is 36.4 Å². The number of hydrogen-bond acceptors (Lipinski definition) is 4. The molecule has 20 heavy (non-hydrogen) atoms. The summed E-state index contributed by atoms with van der Waals surface area (Å²) in [7, 11) is 0. The number of pyridine rings is 1. The SMILES string of the molecule is CCOC(C(C)C)C(NN)c1cccc2ncccc12. The first-order valence-corrected chi connectivity index (χ1v) is 7.10. The zero-order chi connectivity index (χ0) is 14.5. The number of benzene rings is 1. The number of fused-ring (bicyclic) bond motifs is 1. The second-order valence-corrected chi connectivity index (χ2v) is 5.23. The van der Waals surface area contributed by atoms with Gasteiger partial charge >= 0.3 is 0 Å². The van der Waals surface area contributed by atoms with Gasteiger partial charge in [-0.2, -0.15) is 0 Å². The third kappa shape index (κ3) is 2.98. The van der Waals surface area contributed by atoms with Crippen LogP contribution in [0.1, 0.15) is 32.4 Å². The number of nitrogens with two attached hydrogens (primary N) is 1. The van der Waals surface area contributed by atoms with E-state index >= 15 is 0 Å². The van der Waals surface area contributed by atoms with Gasteiger partial charge in [0.05, 0.1) is 17.7 Å². The van der Waals surface area contributed by atoms with Crippen LogP contribution in [0.2, 0.25) is 0 Å². The molecule has 0 bridgehead atoms. The summed E-state index contributed by atoms with van der Waals surface area (Å²) in [5.41, 5.74) is 5.03. The number of rotatable bonds is 6. The highest BCUT2D eigenvalue weighted by Gasteiger charge is 2.26. The van der Waals surface area contributed by atoms with Crippen LogP contribution in [-0.4, -0.2) is 17.7 Å². The molecule has 0 spiro atoms. The standard InChI is InChI=1S/C16H23N3O/c1-4-20-16(11(2)3)15(19-17)13-7-5-9-14-12(13)8-6-10-18-14/h5-11,15-16,19H,4,17H2,1-3H3. The van der Waals surface area contributed by atoms with Crippen LogP contribution in [0.3, 0.4) is 0 Å². The lowest BCUT2D eigenvalue weighted by Crippen LogP contribution is -2.40. The molecule has 0 aliphatic carbocycles. The normalized spacial score (nSPS) is 14.7. The van der Waals surface area contributed by atoms with E-state index in [0.29, 0.717) is 12.5 Å². The average molecular weight is 273 g/mol. The molecule has 1 aromatic heterocycles. The second-order valence-electron chi connectivity index (χ2n) is 5.23. The third-order valence-corrected chi connectivity index (χ3v) is 3.54. The van der Waals surface area contributed by atoms with Crippen molar-refractivity contribution in [3.63, 3.8) is 0 Å². The lowest BCUT2D eigenvalue weighted by atomic mass is 9.91. The molecule has 3 N–H and O–H groups in total. The number of hydrogen-bond donors (Lipinski definition) is 2. The summed E-state index contributed by atoms with van der Waals surface area (Å²) in [4.78, 5) is 4.40. The molecule has 0 aliphatic heterocycles. The van der Waals surface area contributed by atoms with Crippen LogP contribution in [0.15, 0.2) is 36.5 Å². The van der Waals surface area contributed by atoms with Crippen LogP contribution in [0, 0.1) is 5.92 Å². The topological polar surface area (TPSA) is 60.2 Å². The van der Waals surface area contributed by atoms with Crippen molar-refractivity contribution in [2.24, 2.45) is 11.8 Å². The van der Waals surface area contributed by atoms with Gasteiger partial charge in [0.1, 0.15) is 0 Å². The molecule has 0 saturated heterocycles. The summed E-state index contributed by atoms with van der Waals surface area (Å²) in [6.07, 6.45) is 1.83. The number of aromatic nitrogens is 1. The Kier molecular flexibility index (Phi) is 5.06. The van der Waals surface area contributed by atoms with Crippen molar-refractivity contribution in [3.05, 3.63) is 42.1 Å². The Morgan fingerprint density at radius 3 is 2.70 bits per heavy atom. The molecule has 2 atom stereocenters. The van der Waals surface area contributed by atoms with Gasteiger partial charge in [0.25, 0.3) is 0 Å². The maximum absolute atomic E-state index is 5.90. The molecule has 4 heteroatoms. The molecule has 2 unspecified atom stereocenters. The molecular formula is C16H23N3O. The maximum atomic E-state index is 5.90. The van der Waals surface area contributed by atoms with E-state index in [9.17, 15) is 0 Å². The third-order valence-electron chi connectivity index (χ3n) is 3.54. The Balaban J connectivity index is 2.48. The number of nitrogens with one attached hydrogen (secondary N) is 1. The number of hydrazine groups is 1. The highest BCUT2D eigenvalue weighted by atomic mass is 16.5. The predicted octanol–water partition coefficient (Wildman–Crippen LogP) is 2.80. The first kappa shape index (κ1) is 14.9. The van der Waals surface area contributed by atoms with Crippen LogP contribution in [0.5, 0.6) is 0 Å². The molecule has 1 aromatic carbocycles. The lowest BCUT2D eigenvalue weighted by Gasteiger charge is -2.30. The fourth-order valence-electron chi connectivity index (χ4n) is 2.63. The fourth-order valence-corrected chi connectivity index (χ4v) is 2.63. The molecule has 0 amide bonds. The maximum Gasteiger partial charge on any atom is 0.0805 e. The highest BCUT2D eigenvalue weighted by Crippen LogP contribution is 2.29. The second kappa shape index (κ2) is 6.79. The zero-order valence-electron chi connectivity index (χ0n) is 12.3. The van der Waals surface area contributed by atoms with Gasteiger partial charge in [-0.1, -0.05) is 32.0 Å². The summed E-state index contributed by atoms with van der Waals surface area (Å²) < 4.78 is 5.90. The Morgan fingerprint density at radius 2 is 2.05 bits per heavy atom. The quantitative estimate of drug-likeness (QED) is 0.627. The fraction of sp³-hybridized carbons (Fsp3) is 0.438. The Bertz CT molecular complexity index is 551. The predicted molar refractivity (Wildman–Crippen MR) is 82.1 cm³/mol. The number of ether oxygens (including phenoxy) is 1. The summed E-state index contributed by atoms with van der Waals surface area (Å²) >= 11 is 0. The van der Waals surface area contributed by atoms with Crippen LogP contribution < -0.4 is 11.3 Å². The van der Waals surface area contributed by atoms with E-state index in [1.165, 1.54) is 0 Å². The molecule has 2 aromatic rings. The molecule has 0 aliphatic rings. The van der Waals surface area contributed by atoms with Gasteiger partial charge in [-0.25, -0.2) is 0 Å². The summed E-state index contributed by atoms with van der Waals surface area (Å²) in [6, 6.07) is 10.1. The van der Waals surface area contributed by atoms with Gasteiger partial charge in [-0.3, -0.25) is 16.3 Å². The van der Waals surface area contributed by atoms with Gasteiger partial charge in [-0.05, 0) is 30.5 Å². The van der Waals surface area contributed by atoms with Crippen LogP contribution in [0.4, 0.5) is 0 Å². The molecule has 0 saturated carbocycles. The van der Waals surface area contributed by atoms with Crippen molar-refractivity contribution in [1.29, 1.82) is 0 Å². The van der Waals surface area contributed by atoms with Gasteiger partial charge < -0.3 is 4.74 Å². The van der Waals surface area contributed by atoms with Crippen molar-refractivity contribution >= 4 is 10.9 Å². The molecule has 4 nitrogen and oxygen atoms in total. The first-order valence-electron chi connectivity index (χ1n) is 7.10. The van der Waals surface area contributed by atoms with Crippen molar-refractivity contribution in [2.75, 3.05) is 6.61 Å². The molecule has 1 heterocycles. The molecular weight excluding hydrogens is 250 g/mol. The Hall–Kier alpha value is -1.49. The Morgan fingerprint density at radius 1 is 1.25 bits per heavy atom. The van der Waals surface area contributed by atoms with Crippen LogP contribution in [0.25, 0.3) is 10.9 Å². The summed E-state index contributed by atoms with van der Waals surface area (Å²) in [5.74, 6) is 6.18. The summed E-state index contributed by atoms with van der Waals surface area (Å²) in [5, 5.41) is 1.11. The van der Waals surface area contributed by atoms with Crippen LogP contribution >= 0.6 is 0 Å². The van der Waals surface area contributed by atoms with Crippen molar-refractivity contribution in [2.45, 2.75) is 32.9 Å². The smallest absolute Gasteiger partial charge is 0.0805 e. The average Bonchev–Trinajstić information content (AvgIpc) is 2.47. The monoisotopic (exact) mass is 273 g/mol. The minimum Gasteiger partial charge on any atom is -0.376 e. The van der Waals surface area contributed by atoms with E-state index in [1.54, 1.807) is 6.20 Å².